The van der Waals surface area contributed by atoms with Crippen molar-refractivity contribution in [3.05, 3.63) is 59.9 Å². The van der Waals surface area contributed by atoms with Gasteiger partial charge in [-0.1, -0.05) is 18.2 Å². The van der Waals surface area contributed by atoms with E-state index < -0.39 is 5.79 Å². The number of para-hydroxylation sites is 1. The Balaban J connectivity index is 1.31. The van der Waals surface area contributed by atoms with Gasteiger partial charge < -0.3 is 19.3 Å². The van der Waals surface area contributed by atoms with E-state index in [2.05, 4.69) is 4.90 Å². The van der Waals surface area contributed by atoms with Crippen LogP contribution >= 0.6 is 0 Å². The van der Waals surface area contributed by atoms with Gasteiger partial charge in [0.15, 0.2) is 6.67 Å². The van der Waals surface area contributed by atoms with Gasteiger partial charge in [-0.05, 0) is 43.7 Å². The Morgan fingerprint density at radius 3 is 2.60 bits per heavy atom. The van der Waals surface area contributed by atoms with Gasteiger partial charge in [0, 0.05) is 11.3 Å². The first-order valence-electron chi connectivity index (χ1n) is 10.6. The molecular weight excluding hydrogens is 385 g/mol. The normalized spacial score (nSPS) is 27.0. The molecule has 2 saturated heterocycles. The number of ether oxygens (including phenoxy) is 2. The van der Waals surface area contributed by atoms with Gasteiger partial charge in [0.05, 0.1) is 44.6 Å². The molecule has 3 heterocycles. The predicted octanol–water partition coefficient (Wildman–Crippen LogP) is 1.51. The number of hydrogen-bond donors (Lipinski definition) is 1. The van der Waals surface area contributed by atoms with Crippen LogP contribution in [0.1, 0.15) is 18.9 Å². The Morgan fingerprint density at radius 1 is 1.13 bits per heavy atom. The van der Waals surface area contributed by atoms with Crippen molar-refractivity contribution in [3.8, 4) is 0 Å². The molecule has 1 amide bonds. The van der Waals surface area contributed by atoms with E-state index in [-0.39, 0.29) is 17.8 Å². The molecule has 2 aromatic carbocycles. The second-order valence-corrected chi connectivity index (χ2v) is 8.30. The van der Waals surface area contributed by atoms with Crippen molar-refractivity contribution in [1.82, 2.24) is 0 Å². The lowest BCUT2D eigenvalue weighted by Gasteiger charge is -2.37. The first-order valence-corrected chi connectivity index (χ1v) is 10.6. The van der Waals surface area contributed by atoms with E-state index in [1.54, 1.807) is 0 Å². The second-order valence-electron chi connectivity index (χ2n) is 8.30. The zero-order valence-electron chi connectivity index (χ0n) is 17.1. The zero-order valence-corrected chi connectivity index (χ0v) is 17.1. The average molecular weight is 412 g/mol. The Labute approximate surface area is 175 Å². The minimum absolute atomic E-state index is 0.0256. The summed E-state index contributed by atoms with van der Waals surface area (Å²) in [6.07, 6.45) is 0.760. The van der Waals surface area contributed by atoms with Gasteiger partial charge in [-0.3, -0.25) is 9.69 Å². The van der Waals surface area contributed by atoms with Crippen LogP contribution in [-0.2, 0) is 20.1 Å². The fourth-order valence-electron chi connectivity index (χ4n) is 4.66. The van der Waals surface area contributed by atoms with Crippen molar-refractivity contribution in [2.24, 2.45) is 0 Å². The quantitative estimate of drug-likeness (QED) is 0.831. The highest BCUT2D eigenvalue weighted by Gasteiger charge is 2.56. The van der Waals surface area contributed by atoms with Crippen LogP contribution in [0, 0.1) is 5.82 Å². The van der Waals surface area contributed by atoms with Gasteiger partial charge in [-0.2, -0.15) is 0 Å². The molecule has 0 aromatic heterocycles. The van der Waals surface area contributed by atoms with Crippen molar-refractivity contribution in [3.63, 3.8) is 0 Å². The van der Waals surface area contributed by atoms with Crippen molar-refractivity contribution < 1.29 is 23.6 Å². The zero-order chi connectivity index (χ0) is 20.7. The Morgan fingerprint density at radius 2 is 1.87 bits per heavy atom. The third-order valence-corrected chi connectivity index (χ3v) is 6.32. The first-order chi connectivity index (χ1) is 14.6. The van der Waals surface area contributed by atoms with Crippen LogP contribution in [0.5, 0.6) is 0 Å². The summed E-state index contributed by atoms with van der Waals surface area (Å²) in [5.41, 5.74) is 2.73. The predicted molar refractivity (Wildman–Crippen MR) is 111 cm³/mol. The Kier molecular flexibility index (Phi) is 4.97. The van der Waals surface area contributed by atoms with E-state index in [1.165, 1.54) is 17.0 Å². The summed E-state index contributed by atoms with van der Waals surface area (Å²) in [5, 5.41) is 0. The van der Waals surface area contributed by atoms with E-state index >= 15 is 0 Å². The number of benzene rings is 2. The number of fused-ring (bicyclic) bond motifs is 2. The summed E-state index contributed by atoms with van der Waals surface area (Å²) in [6.45, 7) is 6.60. The molecular formula is C23H27FN3O3+. The highest BCUT2D eigenvalue weighted by molar-refractivity contribution is 6.05. The molecule has 5 rings (SSSR count). The molecule has 2 aromatic rings. The van der Waals surface area contributed by atoms with E-state index in [4.69, 9.17) is 9.47 Å². The number of nitrogens with zero attached hydrogens (tertiary/aromatic N) is 2. The number of quaternary nitrogens is 1. The molecule has 3 aliphatic rings. The van der Waals surface area contributed by atoms with Crippen LogP contribution < -0.4 is 14.7 Å². The lowest BCUT2D eigenvalue weighted by molar-refractivity contribution is -0.899. The minimum atomic E-state index is -1.30. The maximum absolute atomic E-state index is 13.5. The molecule has 1 N–H and O–H groups in total. The number of amides is 1. The third-order valence-electron chi connectivity index (χ3n) is 6.32. The Bertz CT molecular complexity index is 930. The first kappa shape index (κ1) is 19.5. The molecule has 3 aliphatic heterocycles. The number of hydrogen-bond acceptors (Lipinski definition) is 4. The van der Waals surface area contributed by atoms with Crippen LogP contribution in [-0.4, -0.2) is 51.5 Å². The summed E-state index contributed by atoms with van der Waals surface area (Å²) in [7, 11) is 0. The number of piperazine rings is 1. The van der Waals surface area contributed by atoms with Gasteiger partial charge in [0.1, 0.15) is 5.82 Å². The van der Waals surface area contributed by atoms with Gasteiger partial charge in [-0.15, -0.1) is 0 Å². The highest BCUT2D eigenvalue weighted by atomic mass is 19.1. The van der Waals surface area contributed by atoms with Crippen LogP contribution in [0.2, 0.25) is 0 Å². The maximum atomic E-state index is 13.5. The molecule has 2 fully saturated rings. The smallest absolute Gasteiger partial charge is 0.296 e. The molecule has 7 heteroatoms. The lowest BCUT2D eigenvalue weighted by atomic mass is 10.1. The summed E-state index contributed by atoms with van der Waals surface area (Å²) in [5.74, 6) is -1.64. The number of halogens is 1. The lowest BCUT2D eigenvalue weighted by Crippen LogP contribution is -3.16. The van der Waals surface area contributed by atoms with E-state index in [0.717, 1.165) is 49.5 Å². The molecule has 0 bridgehead atoms. The summed E-state index contributed by atoms with van der Waals surface area (Å²) >= 11 is 0. The van der Waals surface area contributed by atoms with Crippen LogP contribution in [0.3, 0.4) is 0 Å². The standard InChI is InChI=1S/C23H26FN3O3/c1-17-10-15-29-23(30-17)20-4-2-3-5-21(20)27(22(23)28)16-25-11-13-26(14-12-25)19-8-6-18(24)7-9-19/h2-9,17H,10-16H2,1H3/p+1/t17-,23+/m1/s1. The van der Waals surface area contributed by atoms with Gasteiger partial charge in [0.2, 0.25) is 0 Å². The number of rotatable bonds is 3. The SMILES string of the molecule is C[C@@H]1CCO[C@@]2(O1)C(=O)N(C[NH+]1CCN(c3ccc(F)cc3)CC1)c1ccccc12. The molecule has 158 valence electrons. The van der Waals surface area contributed by atoms with Crippen LogP contribution in [0.4, 0.5) is 15.8 Å². The largest absolute Gasteiger partial charge is 0.360 e. The van der Waals surface area contributed by atoms with E-state index in [9.17, 15) is 9.18 Å². The molecule has 0 unspecified atom stereocenters. The highest BCUT2D eigenvalue weighted by Crippen LogP contribution is 2.45. The fourth-order valence-corrected chi connectivity index (χ4v) is 4.66. The van der Waals surface area contributed by atoms with Gasteiger partial charge in [0.25, 0.3) is 11.7 Å². The van der Waals surface area contributed by atoms with Crippen molar-refractivity contribution in [2.75, 3.05) is 49.3 Å². The second kappa shape index (κ2) is 7.65. The van der Waals surface area contributed by atoms with Gasteiger partial charge in [-0.25, -0.2) is 4.39 Å². The third kappa shape index (κ3) is 3.27. The molecule has 0 radical (unpaired) electrons. The van der Waals surface area contributed by atoms with Crippen molar-refractivity contribution in [2.45, 2.75) is 25.2 Å². The summed E-state index contributed by atoms with van der Waals surface area (Å²) in [6, 6.07) is 14.4. The fraction of sp³-hybridized carbons (Fsp3) is 0.435. The van der Waals surface area contributed by atoms with E-state index in [0.29, 0.717) is 13.3 Å². The number of carbonyl (C=O) groups excluding carboxylic acids is 1. The van der Waals surface area contributed by atoms with Crippen molar-refractivity contribution >= 4 is 17.3 Å². The van der Waals surface area contributed by atoms with E-state index in [1.807, 2.05) is 48.2 Å². The number of anilines is 2. The Hall–Kier alpha value is -2.48. The maximum Gasteiger partial charge on any atom is 0.296 e. The summed E-state index contributed by atoms with van der Waals surface area (Å²) in [4.78, 5) is 18.9. The monoisotopic (exact) mass is 412 g/mol. The minimum Gasteiger partial charge on any atom is -0.360 e. The summed E-state index contributed by atoms with van der Waals surface area (Å²) < 4.78 is 25.3. The molecule has 2 atom stereocenters. The van der Waals surface area contributed by atoms with Gasteiger partial charge >= 0.3 is 0 Å². The molecule has 30 heavy (non-hydrogen) atoms. The molecule has 0 saturated carbocycles. The van der Waals surface area contributed by atoms with Crippen LogP contribution in [0.25, 0.3) is 0 Å². The van der Waals surface area contributed by atoms with Crippen molar-refractivity contribution in [1.29, 1.82) is 0 Å². The molecule has 0 aliphatic carbocycles. The average Bonchev–Trinajstić information content (AvgIpc) is 2.98. The molecule has 6 nitrogen and oxygen atoms in total. The van der Waals surface area contributed by atoms with Crippen LogP contribution in [0.15, 0.2) is 48.5 Å². The number of nitrogens with one attached hydrogen (secondary N) is 1. The topological polar surface area (TPSA) is 46.5 Å². The molecule has 1 spiro atoms. The number of carbonyl (C=O) groups is 1.